The number of aryl methyl sites for hydroxylation is 1. The Morgan fingerprint density at radius 3 is 2.61 bits per heavy atom. The maximum absolute atomic E-state index is 11.5. The van der Waals surface area contributed by atoms with Crippen molar-refractivity contribution in [3.63, 3.8) is 0 Å². The van der Waals surface area contributed by atoms with Crippen molar-refractivity contribution in [3.05, 3.63) is 29.8 Å². The van der Waals surface area contributed by atoms with Crippen LogP contribution in [-0.2, 0) is 11.2 Å². The van der Waals surface area contributed by atoms with E-state index in [0.29, 0.717) is 12.3 Å². The minimum Gasteiger partial charge on any atom is -0.489 e. The first-order valence-corrected chi connectivity index (χ1v) is 11.1. The SMILES string of the molecule is Cl.O=C1CSC(=O)N1CCCCCCCCNCC1CCc2ccccc2O1. The molecule has 28 heavy (non-hydrogen) atoms. The van der Waals surface area contributed by atoms with Gasteiger partial charge in [-0.1, -0.05) is 55.6 Å². The summed E-state index contributed by atoms with van der Waals surface area (Å²) in [5.74, 6) is 1.34. The summed E-state index contributed by atoms with van der Waals surface area (Å²) in [5.41, 5.74) is 1.32. The zero-order valence-electron chi connectivity index (χ0n) is 16.4. The van der Waals surface area contributed by atoms with Gasteiger partial charge in [0.15, 0.2) is 0 Å². The van der Waals surface area contributed by atoms with E-state index in [4.69, 9.17) is 4.74 Å². The number of nitrogens with zero attached hydrogens (tertiary/aromatic N) is 1. The molecule has 1 unspecified atom stereocenters. The Morgan fingerprint density at radius 1 is 1.07 bits per heavy atom. The fraction of sp³-hybridized carbons (Fsp3) is 0.619. The molecule has 1 saturated heterocycles. The summed E-state index contributed by atoms with van der Waals surface area (Å²) in [6, 6.07) is 8.33. The van der Waals surface area contributed by atoms with Gasteiger partial charge in [-0.05, 0) is 43.9 Å². The molecule has 1 aromatic carbocycles. The molecule has 2 heterocycles. The molecule has 1 aromatic rings. The Morgan fingerprint density at radius 2 is 1.82 bits per heavy atom. The number of benzene rings is 1. The zero-order chi connectivity index (χ0) is 18.9. The molecule has 0 spiro atoms. The maximum atomic E-state index is 11.5. The predicted molar refractivity (Wildman–Crippen MR) is 117 cm³/mol. The van der Waals surface area contributed by atoms with Gasteiger partial charge in [-0.2, -0.15) is 0 Å². The summed E-state index contributed by atoms with van der Waals surface area (Å²) < 4.78 is 6.05. The minimum absolute atomic E-state index is 0. The molecule has 7 heteroatoms. The van der Waals surface area contributed by atoms with Crippen LogP contribution in [0.3, 0.4) is 0 Å². The van der Waals surface area contributed by atoms with Crippen molar-refractivity contribution in [2.24, 2.45) is 0 Å². The number of halogens is 1. The topological polar surface area (TPSA) is 58.6 Å². The van der Waals surface area contributed by atoms with Crippen LogP contribution in [-0.4, -0.2) is 47.5 Å². The lowest BCUT2D eigenvalue weighted by molar-refractivity contribution is -0.124. The maximum Gasteiger partial charge on any atom is 0.288 e. The molecule has 1 atom stereocenters. The van der Waals surface area contributed by atoms with Crippen molar-refractivity contribution < 1.29 is 14.3 Å². The van der Waals surface area contributed by atoms with Crippen LogP contribution in [0.15, 0.2) is 24.3 Å². The average molecular weight is 427 g/mol. The fourth-order valence-corrected chi connectivity index (χ4v) is 4.36. The molecular weight excluding hydrogens is 396 g/mol. The lowest BCUT2D eigenvalue weighted by atomic mass is 10.0. The molecule has 0 bridgehead atoms. The van der Waals surface area contributed by atoms with Crippen molar-refractivity contribution in [3.8, 4) is 5.75 Å². The van der Waals surface area contributed by atoms with Gasteiger partial charge in [0.25, 0.3) is 5.24 Å². The number of hydrogen-bond donors (Lipinski definition) is 1. The first-order valence-electron chi connectivity index (χ1n) is 10.2. The Kier molecular flexibility index (Phi) is 10.2. The molecule has 1 N–H and O–H groups in total. The Hall–Kier alpha value is -1.24. The molecule has 156 valence electrons. The number of carbonyl (C=O) groups is 2. The predicted octanol–water partition coefficient (Wildman–Crippen LogP) is 4.43. The van der Waals surface area contributed by atoms with E-state index < -0.39 is 0 Å². The Bertz CT molecular complexity index is 628. The lowest BCUT2D eigenvalue weighted by Gasteiger charge is -2.26. The number of unbranched alkanes of at least 4 members (excludes halogenated alkanes) is 5. The second-order valence-electron chi connectivity index (χ2n) is 7.31. The molecular formula is C21H31ClN2O3S. The van der Waals surface area contributed by atoms with Gasteiger partial charge in [0.05, 0.1) is 5.75 Å². The van der Waals surface area contributed by atoms with E-state index in [0.717, 1.165) is 56.3 Å². The molecule has 3 rings (SSSR count). The number of carbonyl (C=O) groups excluding carboxylic acids is 2. The second-order valence-corrected chi connectivity index (χ2v) is 8.24. The van der Waals surface area contributed by atoms with Crippen LogP contribution in [0.1, 0.15) is 50.5 Å². The van der Waals surface area contributed by atoms with Gasteiger partial charge < -0.3 is 10.1 Å². The van der Waals surface area contributed by atoms with Gasteiger partial charge in [-0.15, -0.1) is 12.4 Å². The highest BCUT2D eigenvalue weighted by atomic mass is 35.5. The van der Waals surface area contributed by atoms with Crippen LogP contribution in [0.25, 0.3) is 0 Å². The third-order valence-corrected chi connectivity index (χ3v) is 6.06. The molecule has 0 aliphatic carbocycles. The quantitative estimate of drug-likeness (QED) is 0.530. The highest BCUT2D eigenvalue weighted by molar-refractivity contribution is 8.14. The number of para-hydroxylation sites is 1. The molecule has 0 aromatic heterocycles. The van der Waals surface area contributed by atoms with Crippen molar-refractivity contribution in [1.82, 2.24) is 10.2 Å². The van der Waals surface area contributed by atoms with Crippen molar-refractivity contribution in [2.75, 3.05) is 25.4 Å². The fourth-order valence-electron chi connectivity index (χ4n) is 3.61. The minimum atomic E-state index is -0.0727. The van der Waals surface area contributed by atoms with Crippen LogP contribution in [0.4, 0.5) is 4.79 Å². The summed E-state index contributed by atoms with van der Waals surface area (Å²) in [7, 11) is 0. The number of amides is 2. The molecule has 0 radical (unpaired) electrons. The number of hydrogen-bond acceptors (Lipinski definition) is 5. The third kappa shape index (κ3) is 6.98. The normalized spacial score (nSPS) is 18.6. The second kappa shape index (κ2) is 12.3. The smallest absolute Gasteiger partial charge is 0.288 e. The summed E-state index contributed by atoms with van der Waals surface area (Å²) in [6.07, 6.45) is 9.29. The summed E-state index contributed by atoms with van der Waals surface area (Å²) in [6.45, 7) is 2.55. The van der Waals surface area contributed by atoms with Gasteiger partial charge in [-0.3, -0.25) is 14.5 Å². The van der Waals surface area contributed by atoms with Crippen molar-refractivity contribution in [1.29, 1.82) is 0 Å². The van der Waals surface area contributed by atoms with E-state index in [1.165, 1.54) is 36.1 Å². The molecule has 1 fully saturated rings. The lowest BCUT2D eigenvalue weighted by Crippen LogP contribution is -2.34. The number of nitrogens with one attached hydrogen (secondary N) is 1. The van der Waals surface area contributed by atoms with Crippen LogP contribution < -0.4 is 10.1 Å². The first kappa shape index (κ1) is 23.0. The highest BCUT2D eigenvalue weighted by Crippen LogP contribution is 2.26. The van der Waals surface area contributed by atoms with E-state index in [1.807, 2.05) is 6.07 Å². The van der Waals surface area contributed by atoms with E-state index >= 15 is 0 Å². The van der Waals surface area contributed by atoms with Crippen LogP contribution in [0, 0.1) is 0 Å². The number of thioether (sulfide) groups is 1. The Labute approximate surface area is 178 Å². The largest absolute Gasteiger partial charge is 0.489 e. The number of fused-ring (bicyclic) bond motifs is 1. The molecule has 5 nitrogen and oxygen atoms in total. The number of rotatable bonds is 11. The summed E-state index contributed by atoms with van der Waals surface area (Å²) in [4.78, 5) is 24.4. The van der Waals surface area contributed by atoms with Crippen LogP contribution in [0.5, 0.6) is 5.75 Å². The van der Waals surface area contributed by atoms with Gasteiger partial charge in [0.2, 0.25) is 5.91 Å². The van der Waals surface area contributed by atoms with Gasteiger partial charge in [0, 0.05) is 13.1 Å². The number of ether oxygens (including phenoxy) is 1. The van der Waals surface area contributed by atoms with Crippen LogP contribution >= 0.6 is 24.2 Å². The average Bonchev–Trinajstić information content (AvgIpc) is 3.01. The van der Waals surface area contributed by atoms with Crippen molar-refractivity contribution in [2.45, 2.75) is 57.5 Å². The summed E-state index contributed by atoms with van der Waals surface area (Å²) in [5, 5.41) is 3.45. The van der Waals surface area contributed by atoms with E-state index in [2.05, 4.69) is 23.5 Å². The van der Waals surface area contributed by atoms with E-state index in [1.54, 1.807) is 0 Å². The van der Waals surface area contributed by atoms with E-state index in [-0.39, 0.29) is 29.7 Å². The molecule has 2 aliphatic rings. The number of imide groups is 1. The Balaban J connectivity index is 0.00000280. The van der Waals surface area contributed by atoms with E-state index in [9.17, 15) is 9.59 Å². The molecule has 2 aliphatic heterocycles. The molecule has 2 amide bonds. The van der Waals surface area contributed by atoms with Gasteiger partial charge >= 0.3 is 0 Å². The standard InChI is InChI=1S/C21H30N2O3S.ClH/c24-20-16-27-21(25)23(20)14-8-4-2-1-3-7-13-22-15-18-12-11-17-9-5-6-10-19(17)26-18;/h5-6,9-10,18,22H,1-4,7-8,11-16H2;1H. The summed E-state index contributed by atoms with van der Waals surface area (Å²) >= 11 is 1.12. The zero-order valence-corrected chi connectivity index (χ0v) is 18.0. The first-order chi connectivity index (χ1) is 13.2. The van der Waals surface area contributed by atoms with Gasteiger partial charge in [0.1, 0.15) is 11.9 Å². The van der Waals surface area contributed by atoms with Crippen LogP contribution in [0.2, 0.25) is 0 Å². The third-order valence-electron chi connectivity index (χ3n) is 5.20. The monoisotopic (exact) mass is 426 g/mol. The van der Waals surface area contributed by atoms with Crippen molar-refractivity contribution >= 4 is 35.3 Å². The van der Waals surface area contributed by atoms with Gasteiger partial charge in [-0.25, -0.2) is 0 Å². The molecule has 0 saturated carbocycles. The highest BCUT2D eigenvalue weighted by Gasteiger charge is 2.28.